The van der Waals surface area contributed by atoms with Gasteiger partial charge in [-0.2, -0.15) is 18.4 Å². The van der Waals surface area contributed by atoms with E-state index in [1.54, 1.807) is 6.07 Å². The SMILES string of the molecule is N#Cc1csc([C@H](N)C(F)(F)F)c1. The zero-order valence-corrected chi connectivity index (χ0v) is 7.12. The van der Waals surface area contributed by atoms with Gasteiger partial charge in [-0.25, -0.2) is 0 Å². The van der Waals surface area contributed by atoms with Gasteiger partial charge in [0.25, 0.3) is 0 Å². The molecule has 1 atom stereocenters. The fourth-order valence-electron chi connectivity index (χ4n) is 0.736. The maximum absolute atomic E-state index is 12.0. The molecule has 0 bridgehead atoms. The highest BCUT2D eigenvalue weighted by Crippen LogP contribution is 2.33. The molecule has 0 radical (unpaired) electrons. The molecule has 2 nitrogen and oxygen atoms in total. The summed E-state index contributed by atoms with van der Waals surface area (Å²) < 4.78 is 36.1. The van der Waals surface area contributed by atoms with Crippen LogP contribution in [0.5, 0.6) is 0 Å². The number of nitrogens with zero attached hydrogens (tertiary/aromatic N) is 1. The number of nitriles is 1. The van der Waals surface area contributed by atoms with Gasteiger partial charge in [0.05, 0.1) is 5.56 Å². The fraction of sp³-hybridized carbons (Fsp3) is 0.286. The molecule has 0 fully saturated rings. The number of rotatable bonds is 1. The summed E-state index contributed by atoms with van der Waals surface area (Å²) in [6.45, 7) is 0. The Morgan fingerprint density at radius 2 is 2.15 bits per heavy atom. The Balaban J connectivity index is 2.91. The van der Waals surface area contributed by atoms with Crippen molar-refractivity contribution >= 4 is 11.3 Å². The van der Waals surface area contributed by atoms with E-state index in [4.69, 9.17) is 11.0 Å². The highest BCUT2D eigenvalue weighted by molar-refractivity contribution is 7.10. The van der Waals surface area contributed by atoms with Gasteiger partial charge in [0.15, 0.2) is 0 Å². The third-order valence-corrected chi connectivity index (χ3v) is 2.42. The van der Waals surface area contributed by atoms with Crippen LogP contribution in [-0.4, -0.2) is 6.18 Å². The summed E-state index contributed by atoms with van der Waals surface area (Å²) in [5, 5.41) is 9.72. The summed E-state index contributed by atoms with van der Waals surface area (Å²) in [5.74, 6) is 0. The highest BCUT2D eigenvalue weighted by Gasteiger charge is 2.38. The average molecular weight is 206 g/mol. The number of nitrogens with two attached hydrogens (primary N) is 1. The van der Waals surface area contributed by atoms with Crippen molar-refractivity contribution in [3.63, 3.8) is 0 Å². The van der Waals surface area contributed by atoms with Crippen LogP contribution in [0.25, 0.3) is 0 Å². The van der Waals surface area contributed by atoms with Crippen molar-refractivity contribution in [2.45, 2.75) is 12.2 Å². The van der Waals surface area contributed by atoms with Gasteiger partial charge in [0, 0.05) is 10.3 Å². The summed E-state index contributed by atoms with van der Waals surface area (Å²) in [6, 6.07) is 0.910. The monoisotopic (exact) mass is 206 g/mol. The van der Waals surface area contributed by atoms with Gasteiger partial charge in [0.2, 0.25) is 0 Å². The number of hydrogen-bond acceptors (Lipinski definition) is 3. The second-order valence-corrected chi connectivity index (χ2v) is 3.31. The van der Waals surface area contributed by atoms with Crippen molar-refractivity contribution in [1.82, 2.24) is 0 Å². The molecule has 0 aromatic carbocycles. The van der Waals surface area contributed by atoms with Crippen molar-refractivity contribution < 1.29 is 13.2 Å². The lowest BCUT2D eigenvalue weighted by atomic mass is 10.2. The summed E-state index contributed by atoms with van der Waals surface area (Å²) in [4.78, 5) is -0.0379. The molecule has 1 aromatic heterocycles. The van der Waals surface area contributed by atoms with Crippen LogP contribution in [0.1, 0.15) is 16.5 Å². The molecule has 0 aliphatic carbocycles. The van der Waals surface area contributed by atoms with Crippen molar-refractivity contribution in [3.8, 4) is 6.07 Å². The van der Waals surface area contributed by atoms with Crippen molar-refractivity contribution in [1.29, 1.82) is 5.26 Å². The molecule has 0 unspecified atom stereocenters. The van der Waals surface area contributed by atoms with Gasteiger partial charge in [0.1, 0.15) is 12.1 Å². The number of alkyl halides is 3. The third-order valence-electron chi connectivity index (χ3n) is 1.41. The first-order chi connectivity index (χ1) is 5.95. The van der Waals surface area contributed by atoms with Gasteiger partial charge < -0.3 is 5.73 Å². The lowest BCUT2D eigenvalue weighted by Crippen LogP contribution is -2.27. The van der Waals surface area contributed by atoms with E-state index < -0.39 is 12.2 Å². The Labute approximate surface area is 76.4 Å². The predicted octanol–water partition coefficient (Wildman–Crippen LogP) is 2.18. The van der Waals surface area contributed by atoms with E-state index in [0.717, 1.165) is 17.4 Å². The molecular weight excluding hydrogens is 201 g/mol. The van der Waals surface area contributed by atoms with Crippen LogP contribution in [0, 0.1) is 11.3 Å². The van der Waals surface area contributed by atoms with Crippen LogP contribution in [0.15, 0.2) is 11.4 Å². The molecule has 0 spiro atoms. The van der Waals surface area contributed by atoms with Gasteiger partial charge in [-0.1, -0.05) is 0 Å². The third kappa shape index (κ3) is 2.20. The van der Waals surface area contributed by atoms with E-state index >= 15 is 0 Å². The molecule has 2 N–H and O–H groups in total. The molecule has 0 saturated carbocycles. The van der Waals surface area contributed by atoms with Crippen molar-refractivity contribution in [2.24, 2.45) is 5.73 Å². The van der Waals surface area contributed by atoms with Gasteiger partial charge in [-0.3, -0.25) is 0 Å². The van der Waals surface area contributed by atoms with Gasteiger partial charge in [-0.05, 0) is 6.07 Å². The molecule has 0 saturated heterocycles. The summed E-state index contributed by atoms with van der Waals surface area (Å²) in [6.07, 6.45) is -4.45. The Bertz CT molecular complexity index is 336. The summed E-state index contributed by atoms with van der Waals surface area (Å²) in [7, 11) is 0. The smallest absolute Gasteiger partial charge is 0.316 e. The quantitative estimate of drug-likeness (QED) is 0.765. The maximum Gasteiger partial charge on any atom is 0.408 e. The molecule has 0 aliphatic rings. The van der Waals surface area contributed by atoms with Gasteiger partial charge in [-0.15, -0.1) is 11.3 Å². The van der Waals surface area contributed by atoms with E-state index in [0.29, 0.717) is 0 Å². The number of thiophene rings is 1. The second-order valence-electron chi connectivity index (χ2n) is 2.37. The molecule has 1 rings (SSSR count). The van der Waals surface area contributed by atoms with E-state index in [-0.39, 0.29) is 10.4 Å². The zero-order valence-electron chi connectivity index (χ0n) is 6.30. The summed E-state index contributed by atoms with van der Waals surface area (Å²) in [5.41, 5.74) is 5.12. The highest BCUT2D eigenvalue weighted by atomic mass is 32.1. The van der Waals surface area contributed by atoms with E-state index in [1.165, 1.54) is 5.38 Å². The Kier molecular flexibility index (Phi) is 2.59. The zero-order chi connectivity index (χ0) is 10.1. The van der Waals surface area contributed by atoms with Crippen molar-refractivity contribution in [3.05, 3.63) is 21.9 Å². The average Bonchev–Trinajstić information content (AvgIpc) is 2.48. The van der Waals surface area contributed by atoms with E-state index in [9.17, 15) is 13.2 Å². The van der Waals surface area contributed by atoms with Crippen LogP contribution in [0.2, 0.25) is 0 Å². The van der Waals surface area contributed by atoms with E-state index in [1.807, 2.05) is 0 Å². The van der Waals surface area contributed by atoms with Crippen LogP contribution in [-0.2, 0) is 0 Å². The molecular formula is C7H5F3N2S. The Morgan fingerprint density at radius 1 is 1.54 bits per heavy atom. The molecule has 1 aromatic rings. The van der Waals surface area contributed by atoms with Gasteiger partial charge >= 0.3 is 6.18 Å². The first-order valence-electron chi connectivity index (χ1n) is 3.26. The molecule has 6 heteroatoms. The molecule has 1 heterocycles. The topological polar surface area (TPSA) is 49.8 Å². The molecule has 70 valence electrons. The Hall–Kier alpha value is -1.06. The van der Waals surface area contributed by atoms with Crippen LogP contribution < -0.4 is 5.73 Å². The molecule has 13 heavy (non-hydrogen) atoms. The predicted molar refractivity (Wildman–Crippen MR) is 42.0 cm³/mol. The van der Waals surface area contributed by atoms with Crippen LogP contribution >= 0.6 is 11.3 Å². The normalized spacial score (nSPS) is 13.8. The lowest BCUT2D eigenvalue weighted by molar-refractivity contribution is -0.148. The van der Waals surface area contributed by atoms with Crippen LogP contribution in [0.3, 0.4) is 0 Å². The number of hydrogen-bond donors (Lipinski definition) is 1. The maximum atomic E-state index is 12.0. The lowest BCUT2D eigenvalue weighted by Gasteiger charge is -2.12. The Morgan fingerprint density at radius 3 is 2.54 bits per heavy atom. The minimum atomic E-state index is -4.45. The minimum absolute atomic E-state index is 0.0379. The summed E-state index contributed by atoms with van der Waals surface area (Å²) >= 11 is 0.842. The van der Waals surface area contributed by atoms with E-state index in [2.05, 4.69) is 0 Å². The number of halogens is 3. The first-order valence-corrected chi connectivity index (χ1v) is 4.14. The second kappa shape index (κ2) is 3.36. The first kappa shape index (κ1) is 10.0. The largest absolute Gasteiger partial charge is 0.408 e. The standard InChI is InChI=1S/C7H5F3N2S/c8-7(9,10)6(12)5-1-4(2-11)3-13-5/h1,3,6H,12H2/t6-/m0/s1. The van der Waals surface area contributed by atoms with Crippen LogP contribution in [0.4, 0.5) is 13.2 Å². The molecule has 0 amide bonds. The molecule has 0 aliphatic heterocycles. The minimum Gasteiger partial charge on any atom is -0.316 e. The fourth-order valence-corrected chi connectivity index (χ4v) is 1.59. The van der Waals surface area contributed by atoms with Crippen molar-refractivity contribution in [2.75, 3.05) is 0 Å².